The molecule has 1 saturated heterocycles. The fraction of sp³-hybridized carbons (Fsp3) is 0.538. The Morgan fingerprint density at radius 3 is 2.72 bits per heavy atom. The van der Waals surface area contributed by atoms with Crippen LogP contribution in [-0.2, 0) is 0 Å². The van der Waals surface area contributed by atoms with Crippen molar-refractivity contribution in [3.63, 3.8) is 0 Å². The standard InChI is InChI=1S/C13H19N3O2/c1-2-12-13(18-8-7-17-12)9-11(1)15-10-16-5-3-14-4-6-16/h1-2,9,14-15H,3-8,10H2. The van der Waals surface area contributed by atoms with Crippen molar-refractivity contribution in [3.05, 3.63) is 18.2 Å². The molecule has 2 aliphatic heterocycles. The first-order valence-corrected chi connectivity index (χ1v) is 6.48. The van der Waals surface area contributed by atoms with Gasteiger partial charge in [-0.2, -0.15) is 0 Å². The van der Waals surface area contributed by atoms with Crippen LogP contribution in [0, 0.1) is 0 Å². The van der Waals surface area contributed by atoms with Gasteiger partial charge in [0, 0.05) is 37.9 Å². The first-order chi connectivity index (χ1) is 8.92. The van der Waals surface area contributed by atoms with E-state index in [1.165, 1.54) is 0 Å². The van der Waals surface area contributed by atoms with Gasteiger partial charge in [0.15, 0.2) is 11.5 Å². The molecular formula is C13H19N3O2. The summed E-state index contributed by atoms with van der Waals surface area (Å²) in [5.74, 6) is 1.68. The lowest BCUT2D eigenvalue weighted by Gasteiger charge is -2.28. The molecule has 5 nitrogen and oxygen atoms in total. The fourth-order valence-corrected chi connectivity index (χ4v) is 2.23. The third kappa shape index (κ3) is 2.68. The minimum absolute atomic E-state index is 0.633. The summed E-state index contributed by atoms with van der Waals surface area (Å²) in [6.45, 7) is 6.48. The number of nitrogens with one attached hydrogen (secondary N) is 2. The van der Waals surface area contributed by atoms with Crippen molar-refractivity contribution in [1.82, 2.24) is 10.2 Å². The number of nitrogens with zero attached hydrogens (tertiary/aromatic N) is 1. The summed E-state index contributed by atoms with van der Waals surface area (Å²) >= 11 is 0. The van der Waals surface area contributed by atoms with Crippen LogP contribution < -0.4 is 20.1 Å². The first-order valence-electron chi connectivity index (χ1n) is 6.48. The van der Waals surface area contributed by atoms with Crippen molar-refractivity contribution in [2.75, 3.05) is 51.4 Å². The van der Waals surface area contributed by atoms with E-state index in [9.17, 15) is 0 Å². The molecule has 2 heterocycles. The largest absolute Gasteiger partial charge is 0.486 e. The second-order valence-corrected chi connectivity index (χ2v) is 4.56. The highest BCUT2D eigenvalue weighted by Gasteiger charge is 2.12. The van der Waals surface area contributed by atoms with Gasteiger partial charge in [0.05, 0.1) is 6.67 Å². The number of hydrogen-bond acceptors (Lipinski definition) is 5. The van der Waals surface area contributed by atoms with Crippen LogP contribution in [-0.4, -0.2) is 51.0 Å². The molecule has 0 saturated carbocycles. The quantitative estimate of drug-likeness (QED) is 0.827. The van der Waals surface area contributed by atoms with Gasteiger partial charge in [0.25, 0.3) is 0 Å². The summed E-state index contributed by atoms with van der Waals surface area (Å²) in [6.07, 6.45) is 0. The van der Waals surface area contributed by atoms with E-state index in [-0.39, 0.29) is 0 Å². The monoisotopic (exact) mass is 249 g/mol. The lowest BCUT2D eigenvalue weighted by molar-refractivity contribution is 0.171. The van der Waals surface area contributed by atoms with Crippen LogP contribution >= 0.6 is 0 Å². The Hall–Kier alpha value is -1.46. The van der Waals surface area contributed by atoms with Gasteiger partial charge in [-0.25, -0.2) is 0 Å². The van der Waals surface area contributed by atoms with E-state index in [0.717, 1.165) is 50.0 Å². The molecule has 98 valence electrons. The van der Waals surface area contributed by atoms with Crippen molar-refractivity contribution in [2.45, 2.75) is 0 Å². The number of ether oxygens (including phenoxy) is 2. The second kappa shape index (κ2) is 5.46. The maximum atomic E-state index is 5.57. The molecule has 2 N–H and O–H groups in total. The Kier molecular flexibility index (Phi) is 3.52. The van der Waals surface area contributed by atoms with Crippen molar-refractivity contribution in [2.24, 2.45) is 0 Å². The van der Waals surface area contributed by atoms with E-state index < -0.39 is 0 Å². The third-order valence-electron chi connectivity index (χ3n) is 3.26. The zero-order valence-electron chi connectivity index (χ0n) is 10.4. The first kappa shape index (κ1) is 11.6. The topological polar surface area (TPSA) is 45.8 Å². The predicted octanol–water partition coefficient (Wildman–Crippen LogP) is 0.732. The Morgan fingerprint density at radius 2 is 1.89 bits per heavy atom. The van der Waals surface area contributed by atoms with Gasteiger partial charge >= 0.3 is 0 Å². The highest BCUT2D eigenvalue weighted by atomic mass is 16.6. The molecule has 0 unspecified atom stereocenters. The van der Waals surface area contributed by atoms with Crippen molar-refractivity contribution in [3.8, 4) is 11.5 Å². The van der Waals surface area contributed by atoms with E-state index in [0.29, 0.717) is 13.2 Å². The van der Waals surface area contributed by atoms with Crippen LogP contribution in [0.5, 0.6) is 11.5 Å². The molecule has 0 bridgehead atoms. The summed E-state index contributed by atoms with van der Waals surface area (Å²) in [7, 11) is 0. The highest BCUT2D eigenvalue weighted by molar-refractivity contribution is 5.55. The van der Waals surface area contributed by atoms with E-state index in [1.54, 1.807) is 0 Å². The zero-order valence-corrected chi connectivity index (χ0v) is 10.4. The van der Waals surface area contributed by atoms with E-state index in [4.69, 9.17) is 9.47 Å². The van der Waals surface area contributed by atoms with Gasteiger partial charge in [0.1, 0.15) is 13.2 Å². The van der Waals surface area contributed by atoms with Crippen LogP contribution in [0.1, 0.15) is 0 Å². The minimum atomic E-state index is 0.633. The molecular weight excluding hydrogens is 230 g/mol. The van der Waals surface area contributed by atoms with Crippen LogP contribution in [0.25, 0.3) is 0 Å². The van der Waals surface area contributed by atoms with Crippen molar-refractivity contribution in [1.29, 1.82) is 0 Å². The molecule has 0 aromatic heterocycles. The average molecular weight is 249 g/mol. The number of benzene rings is 1. The van der Waals surface area contributed by atoms with Crippen LogP contribution in [0.2, 0.25) is 0 Å². The normalized spacial score (nSPS) is 19.6. The molecule has 1 fully saturated rings. The molecule has 0 aliphatic carbocycles. The lowest BCUT2D eigenvalue weighted by Crippen LogP contribution is -2.45. The molecule has 3 rings (SSSR count). The Morgan fingerprint density at radius 1 is 1.11 bits per heavy atom. The van der Waals surface area contributed by atoms with Crippen LogP contribution in [0.4, 0.5) is 5.69 Å². The van der Waals surface area contributed by atoms with E-state index in [2.05, 4.69) is 15.5 Å². The summed E-state index contributed by atoms with van der Waals surface area (Å²) in [4.78, 5) is 2.40. The molecule has 5 heteroatoms. The van der Waals surface area contributed by atoms with E-state index >= 15 is 0 Å². The number of piperazine rings is 1. The third-order valence-corrected chi connectivity index (χ3v) is 3.26. The number of rotatable bonds is 3. The second-order valence-electron chi connectivity index (χ2n) is 4.56. The summed E-state index contributed by atoms with van der Waals surface area (Å²) in [6, 6.07) is 6.01. The highest BCUT2D eigenvalue weighted by Crippen LogP contribution is 2.32. The maximum absolute atomic E-state index is 5.57. The molecule has 18 heavy (non-hydrogen) atoms. The van der Waals surface area contributed by atoms with Crippen molar-refractivity contribution >= 4 is 5.69 Å². The molecule has 2 aliphatic rings. The predicted molar refractivity (Wildman–Crippen MR) is 70.4 cm³/mol. The molecule has 0 atom stereocenters. The minimum Gasteiger partial charge on any atom is -0.486 e. The summed E-state index contributed by atoms with van der Waals surface area (Å²) in [5, 5.41) is 6.77. The summed E-state index contributed by atoms with van der Waals surface area (Å²) in [5.41, 5.74) is 1.08. The molecule has 0 spiro atoms. The maximum Gasteiger partial charge on any atom is 0.163 e. The zero-order chi connectivity index (χ0) is 12.2. The molecule has 0 amide bonds. The molecule has 0 radical (unpaired) electrons. The van der Waals surface area contributed by atoms with Crippen molar-refractivity contribution < 1.29 is 9.47 Å². The van der Waals surface area contributed by atoms with Gasteiger partial charge in [-0.1, -0.05) is 0 Å². The Balaban J connectivity index is 1.58. The average Bonchev–Trinajstić information content (AvgIpc) is 2.46. The van der Waals surface area contributed by atoms with Gasteiger partial charge in [-0.15, -0.1) is 0 Å². The van der Waals surface area contributed by atoms with Gasteiger partial charge in [-0.3, -0.25) is 4.90 Å². The van der Waals surface area contributed by atoms with Gasteiger partial charge in [0.2, 0.25) is 0 Å². The smallest absolute Gasteiger partial charge is 0.163 e. The molecule has 1 aromatic rings. The SMILES string of the molecule is c1cc2c(cc1NCN1CCNCC1)OCCO2. The van der Waals surface area contributed by atoms with Gasteiger partial charge in [-0.05, 0) is 12.1 Å². The Bertz CT molecular complexity index is 405. The number of fused-ring (bicyclic) bond motifs is 1. The van der Waals surface area contributed by atoms with E-state index in [1.807, 2.05) is 18.2 Å². The number of hydrogen-bond donors (Lipinski definition) is 2. The fourth-order valence-electron chi connectivity index (χ4n) is 2.23. The van der Waals surface area contributed by atoms with Crippen LogP contribution in [0.3, 0.4) is 0 Å². The Labute approximate surface area is 107 Å². The molecule has 1 aromatic carbocycles. The number of anilines is 1. The van der Waals surface area contributed by atoms with Crippen LogP contribution in [0.15, 0.2) is 18.2 Å². The van der Waals surface area contributed by atoms with Gasteiger partial charge < -0.3 is 20.1 Å². The lowest BCUT2D eigenvalue weighted by atomic mass is 10.2. The summed E-state index contributed by atoms with van der Waals surface area (Å²) < 4.78 is 11.1.